The normalized spacial score (nSPS) is 10.3. The van der Waals surface area contributed by atoms with Crippen molar-refractivity contribution in [1.82, 2.24) is 10.2 Å². The Morgan fingerprint density at radius 2 is 1.74 bits per heavy atom. The quantitative estimate of drug-likeness (QED) is 0.942. The zero-order valence-electron chi connectivity index (χ0n) is 12.8. The van der Waals surface area contributed by atoms with E-state index in [0.29, 0.717) is 11.6 Å². The number of halogens is 2. The molecule has 2 aromatic rings. The van der Waals surface area contributed by atoms with Crippen molar-refractivity contribution >= 4 is 11.8 Å². The molecule has 0 spiro atoms. The van der Waals surface area contributed by atoms with Gasteiger partial charge in [0.2, 0.25) is 0 Å². The summed E-state index contributed by atoms with van der Waals surface area (Å²) in [5.74, 6) is -2.37. The molecule has 0 aromatic heterocycles. The van der Waals surface area contributed by atoms with Gasteiger partial charge in [0.1, 0.15) is 11.6 Å². The van der Waals surface area contributed by atoms with Crippen molar-refractivity contribution in [2.45, 2.75) is 6.54 Å². The number of carbonyl (C=O) groups is 2. The van der Waals surface area contributed by atoms with Crippen LogP contribution in [0.25, 0.3) is 0 Å². The molecule has 0 aliphatic heterocycles. The van der Waals surface area contributed by atoms with Gasteiger partial charge in [-0.05, 0) is 29.8 Å². The van der Waals surface area contributed by atoms with E-state index >= 15 is 0 Å². The van der Waals surface area contributed by atoms with Crippen LogP contribution in [0.1, 0.15) is 26.3 Å². The van der Waals surface area contributed by atoms with E-state index in [2.05, 4.69) is 5.32 Å². The number of benzene rings is 2. The van der Waals surface area contributed by atoms with Gasteiger partial charge in [-0.3, -0.25) is 9.59 Å². The fourth-order valence-electron chi connectivity index (χ4n) is 2.12. The highest BCUT2D eigenvalue weighted by atomic mass is 19.1. The van der Waals surface area contributed by atoms with Crippen molar-refractivity contribution in [3.63, 3.8) is 0 Å². The van der Waals surface area contributed by atoms with E-state index in [0.717, 1.165) is 17.7 Å². The summed E-state index contributed by atoms with van der Waals surface area (Å²) in [6, 6.07) is 9.57. The summed E-state index contributed by atoms with van der Waals surface area (Å²) in [6.07, 6.45) is 0. The third kappa shape index (κ3) is 3.91. The number of hydrogen-bond donors (Lipinski definition) is 1. The van der Waals surface area contributed by atoms with E-state index in [9.17, 15) is 18.4 Å². The molecule has 120 valence electrons. The van der Waals surface area contributed by atoms with Crippen LogP contribution in [0, 0.1) is 11.6 Å². The van der Waals surface area contributed by atoms with E-state index in [1.165, 1.54) is 11.9 Å². The topological polar surface area (TPSA) is 49.4 Å². The summed E-state index contributed by atoms with van der Waals surface area (Å²) in [6.45, 7) is 0.240. The fraction of sp³-hybridized carbons (Fsp3) is 0.176. The van der Waals surface area contributed by atoms with Gasteiger partial charge < -0.3 is 10.2 Å². The lowest BCUT2D eigenvalue weighted by Crippen LogP contribution is -2.27. The van der Waals surface area contributed by atoms with Gasteiger partial charge in [-0.15, -0.1) is 0 Å². The van der Waals surface area contributed by atoms with Crippen LogP contribution in [0.3, 0.4) is 0 Å². The molecule has 2 aromatic carbocycles. The smallest absolute Gasteiger partial charge is 0.256 e. The van der Waals surface area contributed by atoms with Crippen molar-refractivity contribution in [1.29, 1.82) is 0 Å². The molecule has 0 radical (unpaired) electrons. The highest BCUT2D eigenvalue weighted by molar-refractivity contribution is 5.94. The summed E-state index contributed by atoms with van der Waals surface area (Å²) >= 11 is 0. The molecule has 0 bridgehead atoms. The summed E-state index contributed by atoms with van der Waals surface area (Å²) in [5, 5.41) is 2.52. The van der Waals surface area contributed by atoms with Crippen LogP contribution in [0.15, 0.2) is 42.5 Å². The molecule has 1 N–H and O–H groups in total. The Hall–Kier alpha value is -2.76. The molecule has 4 nitrogen and oxygen atoms in total. The fourth-order valence-corrected chi connectivity index (χ4v) is 2.12. The van der Waals surface area contributed by atoms with Crippen LogP contribution in [-0.4, -0.2) is 30.8 Å². The van der Waals surface area contributed by atoms with E-state index in [-0.39, 0.29) is 18.0 Å². The molecule has 2 rings (SSSR count). The van der Waals surface area contributed by atoms with Crippen molar-refractivity contribution in [3.8, 4) is 0 Å². The Labute approximate surface area is 132 Å². The van der Waals surface area contributed by atoms with E-state index in [4.69, 9.17) is 0 Å². The Bertz CT molecular complexity index is 730. The Kier molecular flexibility index (Phi) is 5.05. The van der Waals surface area contributed by atoms with Crippen molar-refractivity contribution < 1.29 is 18.4 Å². The van der Waals surface area contributed by atoms with Crippen LogP contribution in [0.5, 0.6) is 0 Å². The molecule has 0 heterocycles. The van der Waals surface area contributed by atoms with Crippen LogP contribution in [0.4, 0.5) is 8.78 Å². The molecule has 0 fully saturated rings. The summed E-state index contributed by atoms with van der Waals surface area (Å²) < 4.78 is 26.5. The molecule has 0 aliphatic carbocycles. The van der Waals surface area contributed by atoms with E-state index in [1.807, 2.05) is 0 Å². The first-order chi connectivity index (χ1) is 10.9. The summed E-state index contributed by atoms with van der Waals surface area (Å²) in [7, 11) is 3.07. The minimum absolute atomic E-state index is 0.184. The number of rotatable bonds is 4. The lowest BCUT2D eigenvalue weighted by atomic mass is 10.1. The molecule has 0 aliphatic rings. The highest BCUT2D eigenvalue weighted by Gasteiger charge is 2.17. The zero-order chi connectivity index (χ0) is 17.0. The Morgan fingerprint density at radius 1 is 1.09 bits per heavy atom. The second-order valence-electron chi connectivity index (χ2n) is 5.06. The first-order valence-electron chi connectivity index (χ1n) is 6.94. The second kappa shape index (κ2) is 7.00. The molecule has 0 atom stereocenters. The zero-order valence-corrected chi connectivity index (χ0v) is 12.8. The third-order valence-electron chi connectivity index (χ3n) is 3.37. The number of nitrogens with zero attached hydrogens (tertiary/aromatic N) is 1. The largest absolute Gasteiger partial charge is 0.355 e. The maximum Gasteiger partial charge on any atom is 0.256 e. The van der Waals surface area contributed by atoms with Gasteiger partial charge in [-0.25, -0.2) is 8.78 Å². The highest BCUT2D eigenvalue weighted by Crippen LogP contribution is 2.14. The van der Waals surface area contributed by atoms with Crippen molar-refractivity contribution in [3.05, 3.63) is 70.8 Å². The molecule has 23 heavy (non-hydrogen) atoms. The summed E-state index contributed by atoms with van der Waals surface area (Å²) in [5.41, 5.74) is 1.11. The van der Waals surface area contributed by atoms with Crippen LogP contribution in [-0.2, 0) is 6.54 Å². The lowest BCUT2D eigenvalue weighted by molar-refractivity contribution is 0.0780. The van der Waals surface area contributed by atoms with Gasteiger partial charge in [0.15, 0.2) is 0 Å². The number of hydrogen-bond acceptors (Lipinski definition) is 2. The minimum Gasteiger partial charge on any atom is -0.355 e. The maximum atomic E-state index is 13.6. The van der Waals surface area contributed by atoms with Gasteiger partial charge in [0.25, 0.3) is 11.8 Å². The first kappa shape index (κ1) is 16.6. The lowest BCUT2D eigenvalue weighted by Gasteiger charge is -2.18. The molecular weight excluding hydrogens is 302 g/mol. The van der Waals surface area contributed by atoms with Gasteiger partial charge in [0, 0.05) is 32.3 Å². The SMILES string of the molecule is CNC(=O)c1ccc(CN(C)C(=O)c2ccc(F)cc2F)cc1. The molecule has 0 saturated heterocycles. The van der Waals surface area contributed by atoms with Gasteiger partial charge in [-0.1, -0.05) is 12.1 Å². The number of nitrogens with one attached hydrogen (secondary N) is 1. The molecule has 0 unspecified atom stereocenters. The van der Waals surface area contributed by atoms with E-state index in [1.54, 1.807) is 31.3 Å². The average molecular weight is 318 g/mol. The van der Waals surface area contributed by atoms with Crippen LogP contribution in [0.2, 0.25) is 0 Å². The van der Waals surface area contributed by atoms with Crippen molar-refractivity contribution in [2.24, 2.45) is 0 Å². The second-order valence-corrected chi connectivity index (χ2v) is 5.06. The predicted octanol–water partition coefficient (Wildman–Crippen LogP) is 2.60. The molecule has 6 heteroatoms. The summed E-state index contributed by atoms with van der Waals surface area (Å²) in [4.78, 5) is 25.0. The van der Waals surface area contributed by atoms with Crippen LogP contribution >= 0.6 is 0 Å². The molecule has 2 amide bonds. The average Bonchev–Trinajstić information content (AvgIpc) is 2.54. The van der Waals surface area contributed by atoms with Crippen molar-refractivity contribution in [2.75, 3.05) is 14.1 Å². The number of amides is 2. The van der Waals surface area contributed by atoms with Gasteiger partial charge in [-0.2, -0.15) is 0 Å². The predicted molar refractivity (Wildman–Crippen MR) is 82.0 cm³/mol. The minimum atomic E-state index is -0.892. The maximum absolute atomic E-state index is 13.6. The standard InChI is InChI=1S/C17H16F2N2O2/c1-20-16(22)12-5-3-11(4-6-12)10-21(2)17(23)14-8-7-13(18)9-15(14)19/h3-9H,10H2,1-2H3,(H,20,22). The molecule has 0 saturated carbocycles. The Morgan fingerprint density at radius 3 is 2.30 bits per heavy atom. The third-order valence-corrected chi connectivity index (χ3v) is 3.37. The molecular formula is C17H16F2N2O2. The van der Waals surface area contributed by atoms with E-state index < -0.39 is 17.5 Å². The van der Waals surface area contributed by atoms with Crippen LogP contribution < -0.4 is 5.32 Å². The number of carbonyl (C=O) groups excluding carboxylic acids is 2. The van der Waals surface area contributed by atoms with Gasteiger partial charge in [0.05, 0.1) is 5.56 Å². The first-order valence-corrected chi connectivity index (χ1v) is 6.94. The van der Waals surface area contributed by atoms with Gasteiger partial charge >= 0.3 is 0 Å². The Balaban J connectivity index is 2.10. The monoisotopic (exact) mass is 318 g/mol.